The summed E-state index contributed by atoms with van der Waals surface area (Å²) in [6, 6.07) is 5.99. The quantitative estimate of drug-likeness (QED) is 0.623. The van der Waals surface area contributed by atoms with Crippen molar-refractivity contribution in [3.05, 3.63) is 28.8 Å². The number of anilines is 1. The molecule has 0 radical (unpaired) electrons. The molecule has 3 nitrogen and oxygen atoms in total. The van der Waals surface area contributed by atoms with E-state index >= 15 is 0 Å². The number of isocyanates is 1. The lowest BCUT2D eigenvalue weighted by Crippen LogP contribution is -2.35. The van der Waals surface area contributed by atoms with Gasteiger partial charge in [-0.15, -0.1) is 0 Å². The second-order valence-corrected chi connectivity index (χ2v) is 5.82. The largest absolute Gasteiger partial charge is 0.371 e. The molecule has 0 amide bonds. The number of aliphatic imine (C=N–C) groups is 1. The Bertz CT molecular complexity index is 527. The molecule has 0 aromatic heterocycles. The number of benzene rings is 1. The molecule has 4 heteroatoms. The summed E-state index contributed by atoms with van der Waals surface area (Å²) in [6.45, 7) is 2.13. The highest BCUT2D eigenvalue weighted by atomic mass is 35.5. The highest BCUT2D eigenvalue weighted by Crippen LogP contribution is 2.51. The molecule has 0 spiro atoms. The van der Waals surface area contributed by atoms with Gasteiger partial charge in [0, 0.05) is 29.4 Å². The maximum Gasteiger partial charge on any atom is 0.235 e. The first kappa shape index (κ1) is 12.7. The second-order valence-electron chi connectivity index (χ2n) is 5.42. The minimum atomic E-state index is -0.419. The maximum atomic E-state index is 10.8. The van der Waals surface area contributed by atoms with Gasteiger partial charge >= 0.3 is 0 Å². The summed E-state index contributed by atoms with van der Waals surface area (Å²) in [4.78, 5) is 17.3. The summed E-state index contributed by atoms with van der Waals surface area (Å²) in [7, 11) is 0. The van der Waals surface area contributed by atoms with Crippen molar-refractivity contribution in [1.82, 2.24) is 0 Å². The summed E-state index contributed by atoms with van der Waals surface area (Å²) in [6.07, 6.45) is 7.07. The lowest BCUT2D eigenvalue weighted by atomic mass is 9.71. The van der Waals surface area contributed by atoms with Gasteiger partial charge in [0.1, 0.15) is 5.54 Å². The molecular weight excluding hydrogens is 260 g/mol. The Morgan fingerprint density at radius 1 is 1.21 bits per heavy atom. The van der Waals surface area contributed by atoms with Gasteiger partial charge in [0.05, 0.1) is 0 Å². The molecule has 0 bridgehead atoms. The number of carbonyl (C=O) groups excluding carboxylic acids is 1. The first-order valence-electron chi connectivity index (χ1n) is 6.90. The Labute approximate surface area is 118 Å². The second kappa shape index (κ2) is 4.99. The Balaban J connectivity index is 2.10. The minimum absolute atomic E-state index is 0.419. The molecular formula is C15H17ClN2O. The predicted octanol–water partition coefficient (Wildman–Crippen LogP) is 3.66. The number of halogens is 1. The van der Waals surface area contributed by atoms with Crippen molar-refractivity contribution in [2.24, 2.45) is 4.99 Å². The molecule has 3 rings (SSSR count). The molecule has 1 saturated carbocycles. The molecule has 100 valence electrons. The molecule has 0 N–H and O–H groups in total. The molecule has 1 aromatic rings. The van der Waals surface area contributed by atoms with Crippen LogP contribution in [0.5, 0.6) is 0 Å². The van der Waals surface area contributed by atoms with E-state index in [1.807, 2.05) is 12.1 Å². The number of hydrogen-bond donors (Lipinski definition) is 0. The van der Waals surface area contributed by atoms with Gasteiger partial charge in [0.15, 0.2) is 0 Å². The molecule has 2 fully saturated rings. The summed E-state index contributed by atoms with van der Waals surface area (Å²) >= 11 is 6.42. The first-order chi connectivity index (χ1) is 9.27. The van der Waals surface area contributed by atoms with E-state index in [-0.39, 0.29) is 0 Å². The van der Waals surface area contributed by atoms with Crippen molar-refractivity contribution in [1.29, 1.82) is 0 Å². The molecule has 1 aromatic carbocycles. The van der Waals surface area contributed by atoms with Crippen molar-refractivity contribution < 1.29 is 4.79 Å². The van der Waals surface area contributed by atoms with Crippen molar-refractivity contribution in [2.75, 3.05) is 18.0 Å². The highest BCUT2D eigenvalue weighted by Gasteiger charge is 2.42. The van der Waals surface area contributed by atoms with Gasteiger partial charge < -0.3 is 4.90 Å². The Morgan fingerprint density at radius 3 is 2.53 bits per heavy atom. The van der Waals surface area contributed by atoms with E-state index in [1.54, 1.807) is 6.08 Å². The Hall–Kier alpha value is -1.31. The molecule has 19 heavy (non-hydrogen) atoms. The van der Waals surface area contributed by atoms with Crippen LogP contribution < -0.4 is 4.90 Å². The normalized spacial score (nSPS) is 20.8. The van der Waals surface area contributed by atoms with Gasteiger partial charge in [-0.3, -0.25) is 0 Å². The molecule has 1 aliphatic carbocycles. The van der Waals surface area contributed by atoms with Crippen LogP contribution in [0.1, 0.15) is 37.7 Å². The van der Waals surface area contributed by atoms with E-state index in [9.17, 15) is 4.79 Å². The van der Waals surface area contributed by atoms with E-state index in [0.717, 1.165) is 48.6 Å². The van der Waals surface area contributed by atoms with Gasteiger partial charge in [0.2, 0.25) is 6.08 Å². The van der Waals surface area contributed by atoms with Crippen LogP contribution in [-0.2, 0) is 10.3 Å². The van der Waals surface area contributed by atoms with Crippen LogP contribution >= 0.6 is 11.6 Å². The zero-order valence-corrected chi connectivity index (χ0v) is 11.6. The molecule has 2 aliphatic rings. The van der Waals surface area contributed by atoms with Crippen molar-refractivity contribution in [2.45, 2.75) is 37.6 Å². The van der Waals surface area contributed by atoms with Gasteiger partial charge in [-0.25, -0.2) is 4.79 Å². The topological polar surface area (TPSA) is 32.7 Å². The first-order valence-corrected chi connectivity index (χ1v) is 7.28. The van der Waals surface area contributed by atoms with Gasteiger partial charge in [-0.1, -0.05) is 17.7 Å². The number of hydrogen-bond acceptors (Lipinski definition) is 3. The standard InChI is InChI=1S/C15H17ClN2O/c16-12-5-3-6-13(18-9-1-2-10-18)14(12)15(17-11-19)7-4-8-15/h3,5-6H,1-2,4,7-10H2. The Morgan fingerprint density at radius 2 is 1.95 bits per heavy atom. The third kappa shape index (κ3) is 2.07. The van der Waals surface area contributed by atoms with Crippen LogP contribution in [0.2, 0.25) is 5.02 Å². The van der Waals surface area contributed by atoms with Gasteiger partial charge in [-0.2, -0.15) is 4.99 Å². The van der Waals surface area contributed by atoms with Crippen LogP contribution in [0.25, 0.3) is 0 Å². The van der Waals surface area contributed by atoms with Crippen LogP contribution in [-0.4, -0.2) is 19.2 Å². The fourth-order valence-corrected chi connectivity index (χ4v) is 3.56. The van der Waals surface area contributed by atoms with Gasteiger partial charge in [-0.05, 0) is 44.2 Å². The fourth-order valence-electron chi connectivity index (χ4n) is 3.21. The average molecular weight is 277 g/mol. The zero-order chi connectivity index (χ0) is 13.3. The molecule has 0 atom stereocenters. The average Bonchev–Trinajstić information content (AvgIpc) is 2.88. The molecule has 1 saturated heterocycles. The number of rotatable bonds is 3. The highest BCUT2D eigenvalue weighted by molar-refractivity contribution is 6.32. The van der Waals surface area contributed by atoms with Crippen molar-refractivity contribution in [3.8, 4) is 0 Å². The summed E-state index contributed by atoms with van der Waals surface area (Å²) in [5.41, 5.74) is 1.77. The molecule has 1 aliphatic heterocycles. The number of nitrogens with zero attached hydrogens (tertiary/aromatic N) is 2. The fraction of sp³-hybridized carbons (Fsp3) is 0.533. The third-order valence-corrected chi connectivity index (χ3v) is 4.66. The zero-order valence-electron chi connectivity index (χ0n) is 10.9. The molecule has 1 heterocycles. The minimum Gasteiger partial charge on any atom is -0.371 e. The van der Waals surface area contributed by atoms with Crippen LogP contribution in [0.15, 0.2) is 23.2 Å². The molecule has 0 unspecified atom stereocenters. The smallest absolute Gasteiger partial charge is 0.235 e. The predicted molar refractivity (Wildman–Crippen MR) is 76.5 cm³/mol. The van der Waals surface area contributed by atoms with Crippen LogP contribution in [0, 0.1) is 0 Å². The third-order valence-electron chi connectivity index (χ3n) is 4.34. The lowest BCUT2D eigenvalue weighted by molar-refractivity contribution is 0.256. The summed E-state index contributed by atoms with van der Waals surface area (Å²) in [5.74, 6) is 0. The summed E-state index contributed by atoms with van der Waals surface area (Å²) in [5, 5.41) is 0.725. The lowest BCUT2D eigenvalue weighted by Gasteiger charge is -2.40. The SMILES string of the molecule is O=C=NC1(c2c(Cl)cccc2N2CCCC2)CCC1. The maximum absolute atomic E-state index is 10.8. The van der Waals surface area contributed by atoms with E-state index in [1.165, 1.54) is 12.8 Å². The van der Waals surface area contributed by atoms with E-state index < -0.39 is 5.54 Å². The van der Waals surface area contributed by atoms with Crippen LogP contribution in [0.3, 0.4) is 0 Å². The van der Waals surface area contributed by atoms with E-state index in [4.69, 9.17) is 11.6 Å². The van der Waals surface area contributed by atoms with Crippen molar-refractivity contribution in [3.63, 3.8) is 0 Å². The van der Waals surface area contributed by atoms with E-state index in [0.29, 0.717) is 0 Å². The van der Waals surface area contributed by atoms with Crippen molar-refractivity contribution >= 4 is 23.4 Å². The van der Waals surface area contributed by atoms with Crippen LogP contribution in [0.4, 0.5) is 5.69 Å². The van der Waals surface area contributed by atoms with Gasteiger partial charge in [0.25, 0.3) is 0 Å². The monoisotopic (exact) mass is 276 g/mol. The van der Waals surface area contributed by atoms with E-state index in [2.05, 4.69) is 16.0 Å². The summed E-state index contributed by atoms with van der Waals surface area (Å²) < 4.78 is 0. The Kier molecular flexibility index (Phi) is 3.34.